The highest BCUT2D eigenvalue weighted by Crippen LogP contribution is 2.37. The third kappa shape index (κ3) is 6.63. The summed E-state index contributed by atoms with van der Waals surface area (Å²) in [5.74, 6) is -0.334. The van der Waals surface area contributed by atoms with Gasteiger partial charge in [0.15, 0.2) is 5.82 Å². The second-order valence-electron chi connectivity index (χ2n) is 9.03. The molecule has 8 nitrogen and oxygen atoms in total. The zero-order chi connectivity index (χ0) is 30.9. The minimum Gasteiger partial charge on any atom is -0.481 e. The highest BCUT2D eigenvalue weighted by Gasteiger charge is 2.31. The molecule has 0 amide bonds. The fourth-order valence-corrected chi connectivity index (χ4v) is 5.56. The maximum Gasteiger partial charge on any atom is 0.416 e. The molecule has 5 aromatic rings. The first-order valence-electron chi connectivity index (χ1n) is 12.2. The number of benzene rings is 4. The van der Waals surface area contributed by atoms with Crippen LogP contribution in [0, 0.1) is 10.1 Å². The number of halogens is 6. The van der Waals surface area contributed by atoms with E-state index in [2.05, 4.69) is 41.9 Å². The Kier molecular flexibility index (Phi) is 8.67. The molecule has 4 aromatic carbocycles. The first-order valence-corrected chi connectivity index (χ1v) is 14.2. The van der Waals surface area contributed by atoms with Gasteiger partial charge in [-0.05, 0) is 42.5 Å². The van der Waals surface area contributed by atoms with Crippen LogP contribution in [0.1, 0.15) is 16.7 Å². The lowest BCUT2D eigenvalue weighted by molar-refractivity contribution is -0.385. The van der Waals surface area contributed by atoms with E-state index >= 15 is 0 Å². The molecule has 1 heterocycles. The summed E-state index contributed by atoms with van der Waals surface area (Å²) >= 11 is 13.2. The average molecular weight is 737 g/mol. The van der Waals surface area contributed by atoms with Crippen molar-refractivity contribution in [1.82, 2.24) is 9.66 Å². The van der Waals surface area contributed by atoms with E-state index in [4.69, 9.17) is 16.3 Å². The van der Waals surface area contributed by atoms with Crippen molar-refractivity contribution in [2.75, 3.05) is 0 Å². The molecule has 0 atom stereocenters. The van der Waals surface area contributed by atoms with E-state index in [1.807, 2.05) is 0 Å². The third-order valence-electron chi connectivity index (χ3n) is 6.15. The van der Waals surface area contributed by atoms with Gasteiger partial charge in [-0.25, -0.2) is 4.98 Å². The highest BCUT2D eigenvalue weighted by molar-refractivity contribution is 9.11. The van der Waals surface area contributed by atoms with Crippen LogP contribution in [0.5, 0.6) is 5.75 Å². The van der Waals surface area contributed by atoms with Gasteiger partial charge in [0, 0.05) is 31.7 Å². The van der Waals surface area contributed by atoms with Gasteiger partial charge in [-0.1, -0.05) is 73.8 Å². The Balaban J connectivity index is 1.57. The van der Waals surface area contributed by atoms with E-state index < -0.39 is 27.9 Å². The van der Waals surface area contributed by atoms with E-state index in [-0.39, 0.29) is 45.2 Å². The fourth-order valence-electron chi connectivity index (χ4n) is 4.12. The molecule has 0 fully saturated rings. The molecule has 0 spiro atoms. The fraction of sp³-hybridized carbons (Fsp3) is 0.0690. The summed E-state index contributed by atoms with van der Waals surface area (Å²) < 4.78 is 48.4. The van der Waals surface area contributed by atoms with Gasteiger partial charge < -0.3 is 4.74 Å². The summed E-state index contributed by atoms with van der Waals surface area (Å²) in [5.41, 5.74) is -0.964. The molecule has 0 saturated heterocycles. The molecule has 0 unspecified atom stereocenters. The predicted molar refractivity (Wildman–Crippen MR) is 164 cm³/mol. The molecule has 218 valence electrons. The second kappa shape index (κ2) is 12.3. The maximum atomic E-state index is 13.4. The lowest BCUT2D eigenvalue weighted by Gasteiger charge is -2.12. The SMILES string of the molecule is O=c1c2ccccc2nc(-c2cccc(C(F)(F)F)c2)n1N=Cc1cc(Cl)c(OCc2ccc(Br)cc2Br)c([N+](=O)[O-])c1. The van der Waals surface area contributed by atoms with Crippen LogP contribution in [0.25, 0.3) is 22.3 Å². The molecular formula is C29H16Br2ClF3N4O4. The van der Waals surface area contributed by atoms with Crippen LogP contribution >= 0.6 is 43.5 Å². The summed E-state index contributed by atoms with van der Waals surface area (Å²) in [6.45, 7) is -0.0274. The molecule has 0 aliphatic carbocycles. The van der Waals surface area contributed by atoms with Crippen molar-refractivity contribution >= 4 is 66.3 Å². The van der Waals surface area contributed by atoms with Crippen LogP contribution in [0.3, 0.4) is 0 Å². The number of ether oxygens (including phenoxy) is 1. The molecule has 43 heavy (non-hydrogen) atoms. The Morgan fingerprint density at radius 1 is 1.05 bits per heavy atom. The number of rotatable bonds is 7. The molecule has 0 aliphatic rings. The molecule has 14 heteroatoms. The molecular weight excluding hydrogens is 721 g/mol. The van der Waals surface area contributed by atoms with Gasteiger partial charge in [0.1, 0.15) is 6.61 Å². The summed E-state index contributed by atoms with van der Waals surface area (Å²) in [7, 11) is 0. The zero-order valence-corrected chi connectivity index (χ0v) is 25.4. The Bertz CT molecular complexity index is 1980. The van der Waals surface area contributed by atoms with Gasteiger partial charge >= 0.3 is 11.9 Å². The van der Waals surface area contributed by atoms with Crippen molar-refractivity contribution in [3.05, 3.63) is 130 Å². The first-order chi connectivity index (χ1) is 20.4. The van der Waals surface area contributed by atoms with E-state index in [0.29, 0.717) is 5.56 Å². The van der Waals surface area contributed by atoms with Crippen molar-refractivity contribution in [3.8, 4) is 17.1 Å². The first kappa shape index (κ1) is 30.4. The van der Waals surface area contributed by atoms with Crippen molar-refractivity contribution in [3.63, 3.8) is 0 Å². The third-order valence-corrected chi connectivity index (χ3v) is 7.67. The van der Waals surface area contributed by atoms with Crippen molar-refractivity contribution in [1.29, 1.82) is 0 Å². The van der Waals surface area contributed by atoms with Gasteiger partial charge in [0.2, 0.25) is 5.75 Å². The van der Waals surface area contributed by atoms with Gasteiger partial charge in [-0.15, -0.1) is 0 Å². The smallest absolute Gasteiger partial charge is 0.416 e. The number of alkyl halides is 3. The molecule has 0 aliphatic heterocycles. The van der Waals surface area contributed by atoms with Crippen molar-refractivity contribution in [2.24, 2.45) is 5.10 Å². The monoisotopic (exact) mass is 734 g/mol. The van der Waals surface area contributed by atoms with E-state index in [9.17, 15) is 28.1 Å². The molecule has 0 saturated carbocycles. The Morgan fingerprint density at radius 3 is 2.53 bits per heavy atom. The number of hydrogen-bond acceptors (Lipinski definition) is 6. The van der Waals surface area contributed by atoms with Crippen LogP contribution in [0.2, 0.25) is 5.02 Å². The Morgan fingerprint density at radius 2 is 1.81 bits per heavy atom. The van der Waals surface area contributed by atoms with E-state index in [1.54, 1.807) is 36.4 Å². The van der Waals surface area contributed by atoms with Crippen molar-refractivity contribution in [2.45, 2.75) is 12.8 Å². The summed E-state index contributed by atoms with van der Waals surface area (Å²) in [4.78, 5) is 29.1. The largest absolute Gasteiger partial charge is 0.481 e. The van der Waals surface area contributed by atoms with Crippen LogP contribution in [-0.4, -0.2) is 20.8 Å². The summed E-state index contributed by atoms with van der Waals surface area (Å²) in [5, 5.41) is 16.2. The number of fused-ring (bicyclic) bond motifs is 1. The number of nitro benzene ring substituents is 1. The van der Waals surface area contributed by atoms with Crippen LogP contribution in [-0.2, 0) is 12.8 Å². The van der Waals surface area contributed by atoms with Crippen LogP contribution in [0.4, 0.5) is 18.9 Å². The van der Waals surface area contributed by atoms with Gasteiger partial charge in [-0.3, -0.25) is 14.9 Å². The van der Waals surface area contributed by atoms with E-state index in [1.165, 1.54) is 24.3 Å². The van der Waals surface area contributed by atoms with Gasteiger partial charge in [-0.2, -0.15) is 22.9 Å². The van der Waals surface area contributed by atoms with Crippen LogP contribution in [0.15, 0.2) is 97.7 Å². The minimum atomic E-state index is -4.63. The zero-order valence-electron chi connectivity index (χ0n) is 21.5. The lowest BCUT2D eigenvalue weighted by atomic mass is 10.1. The quantitative estimate of drug-likeness (QED) is 0.0947. The maximum absolute atomic E-state index is 13.4. The topological polar surface area (TPSA) is 99.6 Å². The number of nitro groups is 1. The molecule has 5 rings (SSSR count). The summed E-state index contributed by atoms with van der Waals surface area (Å²) in [6, 6.07) is 18.5. The molecule has 0 N–H and O–H groups in total. The minimum absolute atomic E-state index is 0.0123. The van der Waals surface area contributed by atoms with Crippen LogP contribution < -0.4 is 10.3 Å². The van der Waals surface area contributed by atoms with Crippen molar-refractivity contribution < 1.29 is 22.8 Å². The molecule has 0 bridgehead atoms. The average Bonchev–Trinajstić information content (AvgIpc) is 2.96. The number of aromatic nitrogens is 2. The normalized spacial score (nSPS) is 11.8. The van der Waals surface area contributed by atoms with Gasteiger partial charge in [0.25, 0.3) is 5.56 Å². The predicted octanol–water partition coefficient (Wildman–Crippen LogP) is 8.63. The Hall–Kier alpha value is -4.07. The number of para-hydroxylation sites is 1. The molecule has 0 radical (unpaired) electrons. The standard InChI is InChI=1S/C29H16Br2ClF3N4O4/c30-20-9-8-18(22(31)13-20)15-43-26-23(32)10-16(11-25(26)39(41)42)14-36-38-27(17-4-3-5-19(12-17)29(33,34)35)37-24-7-2-1-6-21(24)28(38)40/h1-14H,15H2. The lowest BCUT2D eigenvalue weighted by Crippen LogP contribution is -2.20. The number of nitrogens with zero attached hydrogens (tertiary/aromatic N) is 4. The van der Waals surface area contributed by atoms with Gasteiger partial charge in [0.05, 0.1) is 32.6 Å². The highest BCUT2D eigenvalue weighted by atomic mass is 79.9. The number of hydrogen-bond donors (Lipinski definition) is 0. The Labute approximate surface area is 262 Å². The second-order valence-corrected chi connectivity index (χ2v) is 11.2. The molecule has 1 aromatic heterocycles. The summed E-state index contributed by atoms with van der Waals surface area (Å²) in [6.07, 6.45) is -3.50. The van der Waals surface area contributed by atoms with E-state index in [0.717, 1.165) is 38.0 Å².